The second kappa shape index (κ2) is 6.71. The molecule has 1 aromatic heterocycles. The van der Waals surface area contributed by atoms with Crippen LogP contribution in [0.2, 0.25) is 0 Å². The van der Waals surface area contributed by atoms with E-state index in [-0.39, 0.29) is 11.8 Å². The Hall–Kier alpha value is -1.01. The third-order valence-electron chi connectivity index (χ3n) is 6.16. The standard InChI is InChI=1S/C19H28N2O3/c1-14-3-2-4-16(20-14)5-8-21-11-15-12-24-10-7-19(15,22)17-13-23-9-6-18(17)21/h2-4,15,17-18,22H,5-13H2,1H3/t15-,17+,18-,19-/m1/s1. The van der Waals surface area contributed by atoms with Gasteiger partial charge in [0.25, 0.3) is 0 Å². The van der Waals surface area contributed by atoms with Crippen LogP contribution >= 0.6 is 0 Å². The average molecular weight is 332 g/mol. The molecule has 3 aliphatic heterocycles. The number of aryl methyl sites for hydroxylation is 1. The summed E-state index contributed by atoms with van der Waals surface area (Å²) in [6, 6.07) is 6.65. The van der Waals surface area contributed by atoms with Crippen LogP contribution in [0.4, 0.5) is 0 Å². The molecule has 1 aromatic rings. The fraction of sp³-hybridized carbons (Fsp3) is 0.737. The third-order valence-corrected chi connectivity index (χ3v) is 6.16. The quantitative estimate of drug-likeness (QED) is 0.907. The number of likely N-dealkylation sites (tertiary alicyclic amines) is 1. The molecule has 3 saturated heterocycles. The van der Waals surface area contributed by atoms with Gasteiger partial charge in [-0.3, -0.25) is 9.88 Å². The summed E-state index contributed by atoms with van der Waals surface area (Å²) in [5.41, 5.74) is 1.62. The van der Waals surface area contributed by atoms with Crippen molar-refractivity contribution in [3.05, 3.63) is 29.6 Å². The van der Waals surface area contributed by atoms with Crippen molar-refractivity contribution in [3.8, 4) is 0 Å². The minimum atomic E-state index is -0.610. The van der Waals surface area contributed by atoms with E-state index < -0.39 is 5.60 Å². The van der Waals surface area contributed by atoms with Crippen LogP contribution in [0, 0.1) is 18.8 Å². The van der Waals surface area contributed by atoms with Crippen LogP contribution in [-0.2, 0) is 15.9 Å². The highest BCUT2D eigenvalue weighted by Gasteiger charge is 2.54. The Bertz CT molecular complexity index is 581. The fourth-order valence-corrected chi connectivity index (χ4v) is 4.82. The molecule has 5 heteroatoms. The average Bonchev–Trinajstić information content (AvgIpc) is 2.60. The number of aromatic nitrogens is 1. The number of rotatable bonds is 3. The van der Waals surface area contributed by atoms with E-state index in [2.05, 4.69) is 22.0 Å². The van der Waals surface area contributed by atoms with E-state index in [0.717, 1.165) is 50.3 Å². The number of aliphatic hydroxyl groups is 1. The smallest absolute Gasteiger partial charge is 0.0796 e. The molecule has 0 saturated carbocycles. The van der Waals surface area contributed by atoms with Gasteiger partial charge in [0.1, 0.15) is 0 Å². The van der Waals surface area contributed by atoms with Crippen molar-refractivity contribution in [2.75, 3.05) is 39.5 Å². The summed E-state index contributed by atoms with van der Waals surface area (Å²) in [5.74, 6) is 0.402. The highest BCUT2D eigenvalue weighted by Crippen LogP contribution is 2.44. The van der Waals surface area contributed by atoms with Crippen molar-refractivity contribution in [3.63, 3.8) is 0 Å². The summed E-state index contributed by atoms with van der Waals surface area (Å²) in [6.45, 7) is 6.77. The number of fused-ring (bicyclic) bond motifs is 3. The third kappa shape index (κ3) is 2.99. The van der Waals surface area contributed by atoms with E-state index in [4.69, 9.17) is 9.47 Å². The first-order chi connectivity index (χ1) is 11.7. The number of hydrogen-bond donors (Lipinski definition) is 1. The molecule has 0 spiro atoms. The Morgan fingerprint density at radius 2 is 2.17 bits per heavy atom. The van der Waals surface area contributed by atoms with Gasteiger partial charge in [-0.1, -0.05) is 6.07 Å². The first-order valence-electron chi connectivity index (χ1n) is 9.21. The van der Waals surface area contributed by atoms with Crippen molar-refractivity contribution in [1.29, 1.82) is 0 Å². The highest BCUT2D eigenvalue weighted by atomic mass is 16.5. The molecule has 0 bridgehead atoms. The monoisotopic (exact) mass is 332 g/mol. The van der Waals surface area contributed by atoms with Gasteiger partial charge in [0.05, 0.1) is 18.8 Å². The van der Waals surface area contributed by atoms with Crippen LogP contribution < -0.4 is 0 Å². The predicted octanol–water partition coefficient (Wildman–Crippen LogP) is 1.42. The second-order valence-corrected chi connectivity index (χ2v) is 7.57. The molecule has 3 aliphatic rings. The molecule has 0 aromatic carbocycles. The molecule has 4 rings (SSSR count). The molecule has 0 amide bonds. The molecule has 4 heterocycles. The van der Waals surface area contributed by atoms with Crippen LogP contribution in [0.3, 0.4) is 0 Å². The van der Waals surface area contributed by atoms with Crippen molar-refractivity contribution in [2.45, 2.75) is 37.8 Å². The van der Waals surface area contributed by atoms with Gasteiger partial charge in [-0.25, -0.2) is 0 Å². The molecular formula is C19H28N2O3. The van der Waals surface area contributed by atoms with Crippen molar-refractivity contribution in [1.82, 2.24) is 9.88 Å². The van der Waals surface area contributed by atoms with Crippen molar-refractivity contribution < 1.29 is 14.6 Å². The lowest BCUT2D eigenvalue weighted by Crippen LogP contribution is -2.68. The van der Waals surface area contributed by atoms with Gasteiger partial charge in [-0.2, -0.15) is 0 Å². The van der Waals surface area contributed by atoms with Crippen LogP contribution in [0.1, 0.15) is 24.2 Å². The van der Waals surface area contributed by atoms with Crippen molar-refractivity contribution in [2.24, 2.45) is 11.8 Å². The van der Waals surface area contributed by atoms with Crippen LogP contribution in [0.25, 0.3) is 0 Å². The van der Waals surface area contributed by atoms with E-state index >= 15 is 0 Å². The lowest BCUT2D eigenvalue weighted by molar-refractivity contribution is -0.219. The molecule has 0 aliphatic carbocycles. The molecule has 1 N–H and O–H groups in total. The zero-order chi connectivity index (χ0) is 16.6. The largest absolute Gasteiger partial charge is 0.389 e. The maximum Gasteiger partial charge on any atom is 0.0796 e. The van der Waals surface area contributed by atoms with Crippen LogP contribution in [-0.4, -0.2) is 66.2 Å². The van der Waals surface area contributed by atoms with Gasteiger partial charge in [-0.15, -0.1) is 0 Å². The molecule has 132 valence electrons. The molecule has 0 radical (unpaired) electrons. The molecule has 24 heavy (non-hydrogen) atoms. The topological polar surface area (TPSA) is 54.8 Å². The first-order valence-corrected chi connectivity index (χ1v) is 9.21. The number of hydrogen-bond acceptors (Lipinski definition) is 5. The summed E-state index contributed by atoms with van der Waals surface area (Å²) < 4.78 is 11.4. The lowest BCUT2D eigenvalue weighted by Gasteiger charge is -2.57. The predicted molar refractivity (Wildman–Crippen MR) is 90.8 cm³/mol. The number of ether oxygens (including phenoxy) is 2. The zero-order valence-electron chi connectivity index (χ0n) is 14.5. The number of nitrogens with zero attached hydrogens (tertiary/aromatic N) is 2. The minimum Gasteiger partial charge on any atom is -0.389 e. The molecule has 0 unspecified atom stereocenters. The Labute approximate surface area is 144 Å². The van der Waals surface area contributed by atoms with Gasteiger partial charge in [0, 0.05) is 68.4 Å². The normalized spacial score (nSPS) is 36.8. The summed E-state index contributed by atoms with van der Waals surface area (Å²) >= 11 is 0. The van der Waals surface area contributed by atoms with E-state index in [9.17, 15) is 5.11 Å². The second-order valence-electron chi connectivity index (χ2n) is 7.57. The van der Waals surface area contributed by atoms with Gasteiger partial charge in [-0.05, 0) is 25.5 Å². The maximum atomic E-state index is 11.3. The SMILES string of the molecule is Cc1cccc(CCN2C[C@@H]3COCC[C@]3(O)[C@H]3COCC[C@H]32)n1. The first kappa shape index (κ1) is 16.5. The fourth-order valence-electron chi connectivity index (χ4n) is 4.82. The summed E-state index contributed by atoms with van der Waals surface area (Å²) in [4.78, 5) is 7.19. The van der Waals surface area contributed by atoms with Gasteiger partial charge < -0.3 is 14.6 Å². The summed E-state index contributed by atoms with van der Waals surface area (Å²) in [5, 5.41) is 11.3. The number of piperidine rings is 1. The van der Waals surface area contributed by atoms with Gasteiger partial charge in [0.2, 0.25) is 0 Å². The zero-order valence-corrected chi connectivity index (χ0v) is 14.5. The van der Waals surface area contributed by atoms with Gasteiger partial charge in [0.15, 0.2) is 0 Å². The van der Waals surface area contributed by atoms with E-state index in [0.29, 0.717) is 25.9 Å². The molecular weight excluding hydrogens is 304 g/mol. The Balaban J connectivity index is 1.50. The van der Waals surface area contributed by atoms with Gasteiger partial charge >= 0.3 is 0 Å². The lowest BCUT2D eigenvalue weighted by atomic mass is 9.66. The van der Waals surface area contributed by atoms with Crippen LogP contribution in [0.15, 0.2) is 18.2 Å². The van der Waals surface area contributed by atoms with E-state index in [1.165, 1.54) is 0 Å². The minimum absolute atomic E-state index is 0.194. The van der Waals surface area contributed by atoms with Crippen molar-refractivity contribution >= 4 is 0 Å². The maximum absolute atomic E-state index is 11.3. The number of pyridine rings is 1. The van der Waals surface area contributed by atoms with Crippen LogP contribution in [0.5, 0.6) is 0 Å². The molecule has 5 nitrogen and oxygen atoms in total. The molecule has 4 atom stereocenters. The Kier molecular flexibility index (Phi) is 4.60. The summed E-state index contributed by atoms with van der Waals surface area (Å²) in [7, 11) is 0. The molecule has 3 fully saturated rings. The van der Waals surface area contributed by atoms with E-state index in [1.807, 2.05) is 13.0 Å². The highest BCUT2D eigenvalue weighted by molar-refractivity contribution is 5.11. The Morgan fingerprint density at radius 3 is 3.04 bits per heavy atom. The van der Waals surface area contributed by atoms with E-state index in [1.54, 1.807) is 0 Å². The summed E-state index contributed by atoms with van der Waals surface area (Å²) in [6.07, 6.45) is 2.72. The Morgan fingerprint density at radius 1 is 1.29 bits per heavy atom.